The van der Waals surface area contributed by atoms with Crippen molar-refractivity contribution >= 4 is 23.2 Å². The fourth-order valence-corrected chi connectivity index (χ4v) is 6.46. The molecule has 0 saturated carbocycles. The average molecular weight is 557 g/mol. The van der Waals surface area contributed by atoms with Crippen LogP contribution in [0.2, 0.25) is 0 Å². The molecule has 0 unspecified atom stereocenters. The minimum absolute atomic E-state index is 0.00841. The van der Waals surface area contributed by atoms with Crippen molar-refractivity contribution in [1.82, 2.24) is 10.2 Å². The highest BCUT2D eigenvalue weighted by molar-refractivity contribution is 6.24. The SMILES string of the molecule is CN(C)c1cc(CNCC(C)(C)C)c(O)c2c1C[C@H]1C[C@H]3[C@@H](N(C)C)C(O)=C(C(N)=O)C(=O)[C@@]3(O)C(O)=C1C2=O. The smallest absolute Gasteiger partial charge is 0.255 e. The molecule has 0 aliphatic heterocycles. The maximum Gasteiger partial charge on any atom is 0.255 e. The van der Waals surface area contributed by atoms with Gasteiger partial charge in [0.05, 0.1) is 11.6 Å². The first-order chi connectivity index (χ1) is 18.4. The predicted molar refractivity (Wildman–Crippen MR) is 149 cm³/mol. The number of amides is 1. The molecule has 7 N–H and O–H groups in total. The number of hydrogen-bond acceptors (Lipinski definition) is 10. The molecule has 0 fully saturated rings. The molecule has 3 aliphatic rings. The Balaban J connectivity index is 1.90. The molecule has 11 heteroatoms. The minimum Gasteiger partial charge on any atom is -0.510 e. The van der Waals surface area contributed by atoms with Gasteiger partial charge in [0.15, 0.2) is 11.4 Å². The van der Waals surface area contributed by atoms with E-state index in [0.29, 0.717) is 24.2 Å². The van der Waals surface area contributed by atoms with Gasteiger partial charge in [-0.3, -0.25) is 19.3 Å². The van der Waals surface area contributed by atoms with Crippen molar-refractivity contribution in [3.05, 3.63) is 45.4 Å². The monoisotopic (exact) mass is 556 g/mol. The number of phenols is 1. The van der Waals surface area contributed by atoms with E-state index in [4.69, 9.17) is 5.73 Å². The lowest BCUT2D eigenvalue weighted by Crippen LogP contribution is -2.63. The molecular weight excluding hydrogens is 516 g/mol. The third-order valence-electron chi connectivity index (χ3n) is 8.23. The summed E-state index contributed by atoms with van der Waals surface area (Å²) in [5, 5.41) is 48.8. The quantitative estimate of drug-likeness (QED) is 0.280. The summed E-state index contributed by atoms with van der Waals surface area (Å²) in [6, 6.07) is 0.814. The number of nitrogens with zero attached hydrogens (tertiary/aromatic N) is 2. The number of aromatic hydroxyl groups is 1. The minimum atomic E-state index is -2.66. The van der Waals surface area contributed by atoms with E-state index in [-0.39, 0.29) is 35.1 Å². The first kappa shape index (κ1) is 29.6. The first-order valence-electron chi connectivity index (χ1n) is 13.3. The molecular formula is C29H40N4O7. The van der Waals surface area contributed by atoms with Gasteiger partial charge in [-0.2, -0.15) is 0 Å². The van der Waals surface area contributed by atoms with Crippen LogP contribution in [0.25, 0.3) is 0 Å². The van der Waals surface area contributed by atoms with Crippen molar-refractivity contribution in [2.75, 3.05) is 39.6 Å². The summed E-state index contributed by atoms with van der Waals surface area (Å²) in [5.41, 5.74) is 3.58. The Labute approximate surface area is 233 Å². The van der Waals surface area contributed by atoms with Gasteiger partial charge < -0.3 is 36.4 Å². The molecule has 0 aromatic heterocycles. The van der Waals surface area contributed by atoms with Crippen molar-refractivity contribution in [2.45, 2.75) is 51.8 Å². The molecule has 0 bridgehead atoms. The second-order valence-electron chi connectivity index (χ2n) is 12.8. The zero-order valence-electron chi connectivity index (χ0n) is 24.1. The standard InChI is InChI=1S/C29H40N4O7/c1-28(2,3)12-31-11-14-10-17(32(4)5)15-8-13-9-16-21(33(6)7)24(36)20(27(30)39)26(38)29(16,40)25(37)18(13)23(35)19(15)22(14)34/h10,13,16,21,31,34,36-37,40H,8-9,11-12H2,1-7H3,(H2,30,39)/t13-,16-,21+,29-/m0/s1. The van der Waals surface area contributed by atoms with Crippen molar-refractivity contribution in [3.8, 4) is 5.75 Å². The molecule has 11 nitrogen and oxygen atoms in total. The predicted octanol–water partition coefficient (Wildman–Crippen LogP) is 1.32. The van der Waals surface area contributed by atoms with Crippen LogP contribution in [0.3, 0.4) is 0 Å². The molecule has 3 aliphatic carbocycles. The number of aliphatic hydroxyl groups excluding tert-OH is 2. The average Bonchev–Trinajstić information content (AvgIpc) is 2.81. The number of nitrogens with one attached hydrogen (secondary N) is 1. The van der Waals surface area contributed by atoms with Crippen LogP contribution in [0, 0.1) is 17.3 Å². The van der Waals surface area contributed by atoms with E-state index >= 15 is 0 Å². The number of aliphatic hydroxyl groups is 3. The van der Waals surface area contributed by atoms with Gasteiger partial charge in [0.1, 0.15) is 22.8 Å². The van der Waals surface area contributed by atoms with Crippen molar-refractivity contribution in [3.63, 3.8) is 0 Å². The number of ketones is 2. The van der Waals surface area contributed by atoms with E-state index in [9.17, 15) is 34.8 Å². The zero-order valence-corrected chi connectivity index (χ0v) is 24.1. The maximum atomic E-state index is 14.1. The van der Waals surface area contributed by atoms with Gasteiger partial charge in [-0.25, -0.2) is 0 Å². The van der Waals surface area contributed by atoms with Crippen LogP contribution < -0.4 is 16.0 Å². The number of Topliss-reactive ketones (excluding diaryl/α,β-unsaturated/α-hetero) is 2. The van der Waals surface area contributed by atoms with Gasteiger partial charge >= 0.3 is 0 Å². The topological polar surface area (TPSA) is 177 Å². The largest absolute Gasteiger partial charge is 0.510 e. The van der Waals surface area contributed by atoms with E-state index in [1.165, 1.54) is 4.90 Å². The van der Waals surface area contributed by atoms with E-state index in [1.54, 1.807) is 14.1 Å². The molecule has 0 saturated heterocycles. The summed E-state index contributed by atoms with van der Waals surface area (Å²) >= 11 is 0. The van der Waals surface area contributed by atoms with E-state index in [2.05, 4.69) is 26.1 Å². The van der Waals surface area contributed by atoms with Crippen molar-refractivity contribution < 1.29 is 34.8 Å². The number of benzene rings is 1. The lowest BCUT2D eigenvalue weighted by atomic mass is 9.58. The molecule has 4 atom stereocenters. The number of rotatable bonds is 6. The zero-order chi connectivity index (χ0) is 30.1. The Kier molecular flexibility index (Phi) is 7.32. The summed E-state index contributed by atoms with van der Waals surface area (Å²) in [5.74, 6) is -6.54. The summed E-state index contributed by atoms with van der Waals surface area (Å²) in [7, 11) is 6.87. The summed E-state index contributed by atoms with van der Waals surface area (Å²) in [6.07, 6.45) is 0.291. The van der Waals surface area contributed by atoms with Crippen LogP contribution in [-0.4, -0.2) is 89.2 Å². The van der Waals surface area contributed by atoms with Crippen LogP contribution in [0.5, 0.6) is 5.75 Å². The third-order valence-corrected chi connectivity index (χ3v) is 8.23. The second kappa shape index (κ2) is 9.90. The van der Waals surface area contributed by atoms with Crippen LogP contribution in [0.1, 0.15) is 48.7 Å². The molecule has 1 amide bonds. The number of fused-ring (bicyclic) bond motifs is 3. The number of nitrogens with two attached hydrogens (primary N) is 1. The van der Waals surface area contributed by atoms with Gasteiger partial charge in [-0.15, -0.1) is 0 Å². The van der Waals surface area contributed by atoms with E-state index in [0.717, 1.165) is 5.69 Å². The summed E-state index contributed by atoms with van der Waals surface area (Å²) in [4.78, 5) is 43.0. The highest BCUT2D eigenvalue weighted by atomic mass is 16.3. The highest BCUT2D eigenvalue weighted by Gasteiger charge is 2.63. The number of anilines is 1. The second-order valence-corrected chi connectivity index (χ2v) is 12.8. The number of carbonyl (C=O) groups excluding carboxylic acids is 3. The molecule has 1 aromatic rings. The van der Waals surface area contributed by atoms with Gasteiger partial charge in [0.25, 0.3) is 5.91 Å². The van der Waals surface area contributed by atoms with Gasteiger partial charge in [0, 0.05) is 49.9 Å². The molecule has 40 heavy (non-hydrogen) atoms. The normalized spacial score (nSPS) is 26.6. The maximum absolute atomic E-state index is 14.1. The molecule has 0 heterocycles. The third kappa shape index (κ3) is 4.46. The number of hydrogen-bond donors (Lipinski definition) is 6. The molecule has 4 rings (SSSR count). The Bertz CT molecular complexity index is 1350. The first-order valence-corrected chi connectivity index (χ1v) is 13.3. The van der Waals surface area contributed by atoms with Crippen LogP contribution >= 0.6 is 0 Å². The lowest BCUT2D eigenvalue weighted by molar-refractivity contribution is -0.148. The van der Waals surface area contributed by atoms with Gasteiger partial charge in [-0.05, 0) is 49.9 Å². The molecule has 0 spiro atoms. The van der Waals surface area contributed by atoms with E-state index < -0.39 is 58.0 Å². The van der Waals surface area contributed by atoms with E-state index in [1.807, 2.05) is 25.1 Å². The summed E-state index contributed by atoms with van der Waals surface area (Å²) < 4.78 is 0. The number of allylic oxidation sites excluding steroid dienone is 1. The fraction of sp³-hybridized carbons (Fsp3) is 0.552. The number of carbonyl (C=O) groups is 3. The Morgan fingerprint density at radius 1 is 1.15 bits per heavy atom. The van der Waals surface area contributed by atoms with Gasteiger partial charge in [-0.1, -0.05) is 20.8 Å². The fourth-order valence-electron chi connectivity index (χ4n) is 6.46. The summed E-state index contributed by atoms with van der Waals surface area (Å²) in [6.45, 7) is 7.17. The Morgan fingerprint density at radius 2 is 1.77 bits per heavy atom. The number of primary amides is 1. The molecule has 218 valence electrons. The van der Waals surface area contributed by atoms with Crippen LogP contribution in [0.15, 0.2) is 28.7 Å². The lowest BCUT2D eigenvalue weighted by Gasteiger charge is -2.50. The van der Waals surface area contributed by atoms with Crippen LogP contribution in [-0.2, 0) is 22.6 Å². The Hall–Kier alpha value is -3.41. The molecule has 1 aromatic carbocycles. The van der Waals surface area contributed by atoms with Crippen LogP contribution in [0.4, 0.5) is 5.69 Å². The van der Waals surface area contributed by atoms with Gasteiger partial charge in [0.2, 0.25) is 5.78 Å². The number of likely N-dealkylation sites (N-methyl/N-ethyl adjacent to an activating group) is 1. The molecule has 0 radical (unpaired) electrons. The number of phenolic OH excluding ortho intramolecular Hbond substituents is 1. The Morgan fingerprint density at radius 3 is 2.30 bits per heavy atom. The van der Waals surface area contributed by atoms with Crippen molar-refractivity contribution in [1.29, 1.82) is 0 Å². The highest BCUT2D eigenvalue weighted by Crippen LogP contribution is 2.53. The van der Waals surface area contributed by atoms with Crippen molar-refractivity contribution in [2.24, 2.45) is 23.0 Å².